The van der Waals surface area contributed by atoms with Crippen molar-refractivity contribution in [3.63, 3.8) is 0 Å². The van der Waals surface area contributed by atoms with Crippen LogP contribution in [0.2, 0.25) is 0 Å². The fourth-order valence-corrected chi connectivity index (χ4v) is 1.12. The van der Waals surface area contributed by atoms with Crippen molar-refractivity contribution >= 4 is 5.91 Å². The molecule has 88 valence electrons. The zero-order valence-electron chi connectivity index (χ0n) is 9.50. The van der Waals surface area contributed by atoms with Crippen molar-refractivity contribution in [1.82, 2.24) is 5.32 Å². The van der Waals surface area contributed by atoms with Gasteiger partial charge >= 0.3 is 0 Å². The van der Waals surface area contributed by atoms with E-state index >= 15 is 0 Å². The van der Waals surface area contributed by atoms with Crippen molar-refractivity contribution in [2.75, 3.05) is 26.3 Å². The lowest BCUT2D eigenvalue weighted by Gasteiger charge is -2.12. The topological polar surface area (TPSA) is 64.3 Å². The molecule has 1 unspecified atom stereocenters. The van der Waals surface area contributed by atoms with E-state index in [9.17, 15) is 4.79 Å². The number of nitrogens with two attached hydrogens (primary N) is 1. The predicted octanol–water partition coefficient (Wildman–Crippen LogP) is 0.680. The van der Waals surface area contributed by atoms with Crippen molar-refractivity contribution in [1.29, 1.82) is 0 Å². The molecule has 0 aromatic carbocycles. The zero-order chi connectivity index (χ0) is 11.5. The first-order valence-corrected chi connectivity index (χ1v) is 5.42. The van der Waals surface area contributed by atoms with E-state index in [2.05, 4.69) is 11.9 Å². The molecular weight excluding hydrogens is 192 g/mol. The minimum Gasteiger partial charge on any atom is -0.379 e. The normalized spacial score (nSPS) is 12.1. The highest BCUT2D eigenvalue weighted by Crippen LogP contribution is 1.98. The second kappa shape index (κ2) is 9.68. The number of hydrogen-bond acceptors (Lipinski definition) is 3. The summed E-state index contributed by atoms with van der Waals surface area (Å²) in [5, 5.41) is 2.79. The van der Waals surface area contributed by atoms with Crippen LogP contribution in [0.25, 0.3) is 0 Å². The van der Waals surface area contributed by atoms with Gasteiger partial charge in [0, 0.05) is 19.0 Å². The lowest BCUT2D eigenvalue weighted by Crippen LogP contribution is -2.36. The number of nitrogens with one attached hydrogen (secondary N) is 1. The van der Waals surface area contributed by atoms with E-state index in [4.69, 9.17) is 10.5 Å². The van der Waals surface area contributed by atoms with E-state index in [0.29, 0.717) is 26.3 Å². The Bertz CT molecular complexity index is 179. The quantitative estimate of drug-likeness (QED) is 0.438. The SMILES string of the molecule is C=CCCOCCNC(=O)C(CC)CN. The smallest absolute Gasteiger partial charge is 0.224 e. The van der Waals surface area contributed by atoms with Crippen LogP contribution in [0.15, 0.2) is 12.7 Å². The summed E-state index contributed by atoms with van der Waals surface area (Å²) in [5.74, 6) is -0.0505. The molecule has 0 aliphatic rings. The van der Waals surface area contributed by atoms with Gasteiger partial charge in [0.1, 0.15) is 0 Å². The van der Waals surface area contributed by atoms with Crippen LogP contribution in [-0.2, 0) is 9.53 Å². The molecule has 4 nitrogen and oxygen atoms in total. The van der Waals surface area contributed by atoms with Crippen LogP contribution in [0.4, 0.5) is 0 Å². The summed E-state index contributed by atoms with van der Waals surface area (Å²) in [6.07, 6.45) is 3.42. The molecule has 0 rings (SSSR count). The Labute approximate surface area is 91.9 Å². The highest BCUT2D eigenvalue weighted by Gasteiger charge is 2.12. The first kappa shape index (κ1) is 14.1. The number of carbonyl (C=O) groups excluding carboxylic acids is 1. The van der Waals surface area contributed by atoms with Gasteiger partial charge in [-0.3, -0.25) is 4.79 Å². The summed E-state index contributed by atoms with van der Waals surface area (Å²) in [6, 6.07) is 0. The maximum absolute atomic E-state index is 11.4. The van der Waals surface area contributed by atoms with Gasteiger partial charge in [-0.15, -0.1) is 6.58 Å². The summed E-state index contributed by atoms with van der Waals surface area (Å²) < 4.78 is 5.25. The molecule has 0 radical (unpaired) electrons. The molecule has 1 amide bonds. The van der Waals surface area contributed by atoms with Crippen molar-refractivity contribution in [3.8, 4) is 0 Å². The minimum atomic E-state index is -0.0711. The second-order valence-electron chi connectivity index (χ2n) is 3.32. The Morgan fingerprint density at radius 2 is 2.33 bits per heavy atom. The van der Waals surface area contributed by atoms with Crippen molar-refractivity contribution < 1.29 is 9.53 Å². The number of ether oxygens (including phenoxy) is 1. The molecule has 1 atom stereocenters. The first-order chi connectivity index (χ1) is 7.26. The number of hydrogen-bond donors (Lipinski definition) is 2. The largest absolute Gasteiger partial charge is 0.379 e. The van der Waals surface area contributed by atoms with Crippen LogP contribution in [0.3, 0.4) is 0 Å². The molecule has 4 heteroatoms. The Balaban J connectivity index is 3.41. The predicted molar refractivity (Wildman–Crippen MR) is 61.5 cm³/mol. The molecule has 0 saturated carbocycles. The minimum absolute atomic E-state index is 0.0207. The molecule has 0 spiro atoms. The van der Waals surface area contributed by atoms with Gasteiger partial charge in [-0.05, 0) is 12.8 Å². The third-order valence-corrected chi connectivity index (χ3v) is 2.16. The van der Waals surface area contributed by atoms with E-state index in [0.717, 1.165) is 12.8 Å². The summed E-state index contributed by atoms with van der Waals surface area (Å²) in [7, 11) is 0. The number of amides is 1. The van der Waals surface area contributed by atoms with Gasteiger partial charge in [0.05, 0.1) is 13.2 Å². The molecule has 0 aliphatic heterocycles. The van der Waals surface area contributed by atoms with Crippen molar-refractivity contribution in [2.45, 2.75) is 19.8 Å². The molecule has 0 aliphatic carbocycles. The monoisotopic (exact) mass is 214 g/mol. The van der Waals surface area contributed by atoms with Gasteiger partial charge < -0.3 is 15.8 Å². The average Bonchev–Trinajstić information content (AvgIpc) is 2.25. The van der Waals surface area contributed by atoms with Crippen LogP contribution in [-0.4, -0.2) is 32.2 Å². The maximum Gasteiger partial charge on any atom is 0.224 e. The van der Waals surface area contributed by atoms with E-state index < -0.39 is 0 Å². The molecular formula is C11H22N2O2. The lowest BCUT2D eigenvalue weighted by molar-refractivity contribution is -0.125. The Morgan fingerprint density at radius 1 is 1.60 bits per heavy atom. The van der Waals surface area contributed by atoms with Gasteiger partial charge in [0.25, 0.3) is 0 Å². The van der Waals surface area contributed by atoms with E-state index in [1.807, 2.05) is 6.92 Å². The zero-order valence-corrected chi connectivity index (χ0v) is 9.50. The summed E-state index contributed by atoms with van der Waals surface area (Å²) >= 11 is 0. The maximum atomic E-state index is 11.4. The highest BCUT2D eigenvalue weighted by atomic mass is 16.5. The highest BCUT2D eigenvalue weighted by molar-refractivity contribution is 5.78. The molecule has 0 heterocycles. The Hall–Kier alpha value is -0.870. The van der Waals surface area contributed by atoms with Gasteiger partial charge in [-0.1, -0.05) is 13.0 Å². The number of rotatable bonds is 9. The Morgan fingerprint density at radius 3 is 2.87 bits per heavy atom. The summed E-state index contributed by atoms with van der Waals surface area (Å²) in [6.45, 7) is 7.70. The average molecular weight is 214 g/mol. The summed E-state index contributed by atoms with van der Waals surface area (Å²) in [4.78, 5) is 11.4. The van der Waals surface area contributed by atoms with Crippen molar-refractivity contribution in [3.05, 3.63) is 12.7 Å². The Kier molecular flexibility index (Phi) is 9.11. The molecule has 0 saturated heterocycles. The fourth-order valence-electron chi connectivity index (χ4n) is 1.12. The fraction of sp³-hybridized carbons (Fsp3) is 0.727. The van der Waals surface area contributed by atoms with Crippen LogP contribution < -0.4 is 11.1 Å². The van der Waals surface area contributed by atoms with Crippen LogP contribution in [0, 0.1) is 5.92 Å². The van der Waals surface area contributed by atoms with Gasteiger partial charge in [-0.2, -0.15) is 0 Å². The van der Waals surface area contributed by atoms with E-state index in [1.54, 1.807) is 6.08 Å². The third kappa shape index (κ3) is 7.11. The molecule has 0 fully saturated rings. The molecule has 0 bridgehead atoms. The van der Waals surface area contributed by atoms with Gasteiger partial charge in [-0.25, -0.2) is 0 Å². The standard InChI is InChI=1S/C11H22N2O2/c1-3-5-7-15-8-6-13-11(14)10(4-2)9-12/h3,10H,1,4-9,12H2,2H3,(H,13,14). The van der Waals surface area contributed by atoms with Crippen LogP contribution >= 0.6 is 0 Å². The lowest BCUT2D eigenvalue weighted by atomic mass is 10.1. The molecule has 15 heavy (non-hydrogen) atoms. The second-order valence-corrected chi connectivity index (χ2v) is 3.32. The summed E-state index contributed by atoms with van der Waals surface area (Å²) in [5.41, 5.74) is 5.45. The van der Waals surface area contributed by atoms with Gasteiger partial charge in [0.2, 0.25) is 5.91 Å². The van der Waals surface area contributed by atoms with Gasteiger partial charge in [0.15, 0.2) is 0 Å². The third-order valence-electron chi connectivity index (χ3n) is 2.16. The molecule has 0 aromatic heterocycles. The number of carbonyl (C=O) groups is 1. The van der Waals surface area contributed by atoms with Crippen LogP contribution in [0.1, 0.15) is 19.8 Å². The van der Waals surface area contributed by atoms with E-state index in [-0.39, 0.29) is 11.8 Å². The van der Waals surface area contributed by atoms with E-state index in [1.165, 1.54) is 0 Å². The van der Waals surface area contributed by atoms with Crippen LogP contribution in [0.5, 0.6) is 0 Å². The first-order valence-electron chi connectivity index (χ1n) is 5.42. The molecule has 3 N–H and O–H groups in total. The van der Waals surface area contributed by atoms with Crippen molar-refractivity contribution in [2.24, 2.45) is 11.7 Å². The molecule has 0 aromatic rings.